The van der Waals surface area contributed by atoms with Gasteiger partial charge in [-0.25, -0.2) is 4.98 Å². The van der Waals surface area contributed by atoms with Crippen molar-refractivity contribution in [3.05, 3.63) is 53.7 Å². The molecule has 1 heterocycles. The molecule has 0 saturated carbocycles. The Morgan fingerprint density at radius 1 is 1.00 bits per heavy atom. The minimum Gasteiger partial charge on any atom is -0.497 e. The predicted molar refractivity (Wildman–Crippen MR) is 83.8 cm³/mol. The summed E-state index contributed by atoms with van der Waals surface area (Å²) in [5, 5.41) is 3.50. The first kappa shape index (κ1) is 15.3. The van der Waals surface area contributed by atoms with Crippen LogP contribution in [0.3, 0.4) is 0 Å². The summed E-state index contributed by atoms with van der Waals surface area (Å²) >= 11 is 0. The fraction of sp³-hybridized carbons (Fsp3) is 0.353. The highest BCUT2D eigenvalue weighted by molar-refractivity contribution is 5.27. The van der Waals surface area contributed by atoms with Gasteiger partial charge in [0.15, 0.2) is 0 Å². The lowest BCUT2D eigenvalue weighted by Crippen LogP contribution is -2.27. The topological polar surface area (TPSA) is 43.4 Å². The van der Waals surface area contributed by atoms with Crippen LogP contribution < -0.4 is 14.8 Å². The highest BCUT2D eigenvalue weighted by Gasteiger charge is 2.04. The van der Waals surface area contributed by atoms with E-state index in [0.29, 0.717) is 11.9 Å². The SMILES string of the molecule is COc1ccc(CC(C)NCc2ccc(OC)nc2)cc1. The number of aromatic nitrogens is 1. The van der Waals surface area contributed by atoms with E-state index in [4.69, 9.17) is 9.47 Å². The molecule has 0 radical (unpaired) electrons. The van der Waals surface area contributed by atoms with E-state index in [1.54, 1.807) is 14.2 Å². The van der Waals surface area contributed by atoms with Crippen molar-refractivity contribution < 1.29 is 9.47 Å². The van der Waals surface area contributed by atoms with Crippen LogP contribution in [0.2, 0.25) is 0 Å². The Balaban J connectivity index is 1.81. The van der Waals surface area contributed by atoms with Crippen LogP contribution in [0.4, 0.5) is 0 Å². The Bertz CT molecular complexity index is 538. The molecule has 1 N–H and O–H groups in total. The summed E-state index contributed by atoms with van der Waals surface area (Å²) in [6.07, 6.45) is 2.82. The first-order chi connectivity index (χ1) is 10.2. The Kier molecular flexibility index (Phi) is 5.58. The molecule has 21 heavy (non-hydrogen) atoms. The molecule has 0 amide bonds. The number of ether oxygens (including phenoxy) is 2. The van der Waals surface area contributed by atoms with E-state index < -0.39 is 0 Å². The van der Waals surface area contributed by atoms with Gasteiger partial charge in [-0.1, -0.05) is 18.2 Å². The van der Waals surface area contributed by atoms with Crippen molar-refractivity contribution in [3.63, 3.8) is 0 Å². The molecule has 0 bridgehead atoms. The molecule has 0 aliphatic heterocycles. The average Bonchev–Trinajstić information content (AvgIpc) is 2.54. The van der Waals surface area contributed by atoms with Crippen molar-refractivity contribution in [1.29, 1.82) is 0 Å². The quantitative estimate of drug-likeness (QED) is 0.850. The number of methoxy groups -OCH3 is 2. The zero-order chi connectivity index (χ0) is 15.1. The third-order valence-electron chi connectivity index (χ3n) is 3.36. The minimum atomic E-state index is 0.389. The molecule has 2 rings (SSSR count). The summed E-state index contributed by atoms with van der Waals surface area (Å²) in [4.78, 5) is 4.20. The third-order valence-corrected chi connectivity index (χ3v) is 3.36. The number of nitrogens with zero attached hydrogens (tertiary/aromatic N) is 1. The van der Waals surface area contributed by atoms with Gasteiger partial charge < -0.3 is 14.8 Å². The van der Waals surface area contributed by atoms with Crippen LogP contribution in [-0.2, 0) is 13.0 Å². The number of hydrogen-bond donors (Lipinski definition) is 1. The standard InChI is InChI=1S/C17H22N2O2/c1-13(10-14-4-7-16(20-2)8-5-14)18-11-15-6-9-17(21-3)19-12-15/h4-9,12-13,18H,10-11H2,1-3H3. The highest BCUT2D eigenvalue weighted by Crippen LogP contribution is 2.13. The van der Waals surface area contributed by atoms with Crippen molar-refractivity contribution in [1.82, 2.24) is 10.3 Å². The molecule has 4 heteroatoms. The lowest BCUT2D eigenvalue weighted by atomic mass is 10.1. The molecular weight excluding hydrogens is 264 g/mol. The van der Waals surface area contributed by atoms with Crippen molar-refractivity contribution in [2.24, 2.45) is 0 Å². The van der Waals surface area contributed by atoms with Gasteiger partial charge in [-0.05, 0) is 36.6 Å². The molecule has 1 aromatic carbocycles. The fourth-order valence-electron chi connectivity index (χ4n) is 2.12. The molecule has 4 nitrogen and oxygen atoms in total. The van der Waals surface area contributed by atoms with E-state index >= 15 is 0 Å². The lowest BCUT2D eigenvalue weighted by molar-refractivity contribution is 0.397. The molecule has 0 spiro atoms. The summed E-state index contributed by atoms with van der Waals surface area (Å²) in [6.45, 7) is 2.98. The zero-order valence-corrected chi connectivity index (χ0v) is 12.8. The smallest absolute Gasteiger partial charge is 0.212 e. The van der Waals surface area contributed by atoms with Gasteiger partial charge in [-0.15, -0.1) is 0 Å². The Labute approximate surface area is 126 Å². The van der Waals surface area contributed by atoms with E-state index in [2.05, 4.69) is 29.4 Å². The van der Waals surface area contributed by atoms with Gasteiger partial charge >= 0.3 is 0 Å². The maximum Gasteiger partial charge on any atom is 0.212 e. The van der Waals surface area contributed by atoms with E-state index in [1.165, 1.54) is 5.56 Å². The number of benzene rings is 1. The maximum atomic E-state index is 5.17. The molecule has 2 aromatic rings. The van der Waals surface area contributed by atoms with Gasteiger partial charge in [0.05, 0.1) is 14.2 Å². The van der Waals surface area contributed by atoms with E-state index in [1.807, 2.05) is 30.5 Å². The Morgan fingerprint density at radius 2 is 1.71 bits per heavy atom. The summed E-state index contributed by atoms with van der Waals surface area (Å²) in [5.74, 6) is 1.54. The largest absolute Gasteiger partial charge is 0.497 e. The number of rotatable bonds is 7. The number of pyridine rings is 1. The van der Waals surface area contributed by atoms with Gasteiger partial charge in [0, 0.05) is 24.8 Å². The molecule has 1 atom stereocenters. The summed E-state index contributed by atoms with van der Waals surface area (Å²) in [6, 6.07) is 12.5. The first-order valence-electron chi connectivity index (χ1n) is 7.06. The minimum absolute atomic E-state index is 0.389. The molecule has 0 saturated heterocycles. The molecule has 1 aromatic heterocycles. The molecule has 0 aliphatic rings. The van der Waals surface area contributed by atoms with Crippen molar-refractivity contribution >= 4 is 0 Å². The summed E-state index contributed by atoms with van der Waals surface area (Å²) in [7, 11) is 3.30. The van der Waals surface area contributed by atoms with Crippen molar-refractivity contribution in [3.8, 4) is 11.6 Å². The van der Waals surface area contributed by atoms with E-state index in [0.717, 1.165) is 24.3 Å². The van der Waals surface area contributed by atoms with Crippen molar-refractivity contribution in [2.45, 2.75) is 25.9 Å². The van der Waals surface area contributed by atoms with Gasteiger partial charge in [-0.2, -0.15) is 0 Å². The Hall–Kier alpha value is -2.07. The monoisotopic (exact) mass is 286 g/mol. The van der Waals surface area contributed by atoms with Crippen LogP contribution >= 0.6 is 0 Å². The number of nitrogens with one attached hydrogen (secondary N) is 1. The second kappa shape index (κ2) is 7.64. The van der Waals surface area contributed by atoms with Crippen LogP contribution in [0.25, 0.3) is 0 Å². The first-order valence-corrected chi connectivity index (χ1v) is 7.06. The molecule has 112 valence electrons. The Morgan fingerprint density at radius 3 is 2.29 bits per heavy atom. The van der Waals surface area contributed by atoms with Crippen LogP contribution in [0.1, 0.15) is 18.1 Å². The van der Waals surface area contributed by atoms with Gasteiger partial charge in [0.25, 0.3) is 0 Å². The van der Waals surface area contributed by atoms with Crippen LogP contribution in [-0.4, -0.2) is 25.2 Å². The highest BCUT2D eigenvalue weighted by atomic mass is 16.5. The van der Waals surface area contributed by atoms with Gasteiger partial charge in [-0.3, -0.25) is 0 Å². The molecule has 0 aliphatic carbocycles. The number of hydrogen-bond acceptors (Lipinski definition) is 4. The van der Waals surface area contributed by atoms with E-state index in [9.17, 15) is 0 Å². The zero-order valence-electron chi connectivity index (χ0n) is 12.8. The third kappa shape index (κ3) is 4.76. The molecule has 0 fully saturated rings. The summed E-state index contributed by atoms with van der Waals surface area (Å²) < 4.78 is 10.2. The lowest BCUT2D eigenvalue weighted by Gasteiger charge is -2.14. The normalized spacial score (nSPS) is 12.0. The van der Waals surface area contributed by atoms with Crippen LogP contribution in [0.5, 0.6) is 11.6 Å². The predicted octanol–water partition coefficient (Wildman–Crippen LogP) is 2.82. The summed E-state index contributed by atoms with van der Waals surface area (Å²) in [5.41, 5.74) is 2.45. The second-order valence-electron chi connectivity index (χ2n) is 5.04. The average molecular weight is 286 g/mol. The van der Waals surface area contributed by atoms with Gasteiger partial charge in [0.1, 0.15) is 5.75 Å². The van der Waals surface area contributed by atoms with Gasteiger partial charge in [0.2, 0.25) is 5.88 Å². The van der Waals surface area contributed by atoms with Crippen LogP contribution in [0.15, 0.2) is 42.6 Å². The fourth-order valence-corrected chi connectivity index (χ4v) is 2.12. The van der Waals surface area contributed by atoms with Crippen LogP contribution in [0, 0.1) is 0 Å². The van der Waals surface area contributed by atoms with E-state index in [-0.39, 0.29) is 0 Å². The molecule has 1 unspecified atom stereocenters. The second-order valence-corrected chi connectivity index (χ2v) is 5.04. The molecular formula is C17H22N2O2. The maximum absolute atomic E-state index is 5.17. The van der Waals surface area contributed by atoms with Crippen molar-refractivity contribution in [2.75, 3.05) is 14.2 Å².